The number of pyridine rings is 1. The lowest BCUT2D eigenvalue weighted by Gasteiger charge is -2.10. The van der Waals surface area contributed by atoms with Crippen LogP contribution in [0.1, 0.15) is 10.4 Å². The van der Waals surface area contributed by atoms with Crippen LogP contribution in [0.25, 0.3) is 17.1 Å². The molecule has 0 bridgehead atoms. The van der Waals surface area contributed by atoms with E-state index in [1.807, 2.05) is 77.4 Å². The summed E-state index contributed by atoms with van der Waals surface area (Å²) in [6.45, 7) is 0. The van der Waals surface area contributed by atoms with E-state index in [1.165, 1.54) is 11.8 Å². The fraction of sp³-hybridized carbons (Fsp3) is 0.0476. The second-order valence-corrected chi connectivity index (χ2v) is 6.73. The summed E-state index contributed by atoms with van der Waals surface area (Å²) in [5.74, 6) is 1.08. The van der Waals surface area contributed by atoms with E-state index in [4.69, 9.17) is 0 Å². The highest BCUT2D eigenvalue weighted by atomic mass is 32.2. The molecule has 0 spiro atoms. The van der Waals surface area contributed by atoms with Crippen molar-refractivity contribution in [1.29, 1.82) is 0 Å². The zero-order chi connectivity index (χ0) is 18.5. The van der Waals surface area contributed by atoms with Crippen LogP contribution in [-0.4, -0.2) is 31.3 Å². The summed E-state index contributed by atoms with van der Waals surface area (Å²) in [6.07, 6.45) is 3.45. The quantitative estimate of drug-likeness (QED) is 0.373. The molecule has 0 atom stereocenters. The Bertz CT molecular complexity index is 1030. The number of hydrogen-bond acceptors (Lipinski definition) is 5. The maximum absolute atomic E-state index is 12.5. The van der Waals surface area contributed by atoms with Gasteiger partial charge < -0.3 is 0 Å². The highest BCUT2D eigenvalue weighted by Gasteiger charge is 2.17. The van der Waals surface area contributed by atoms with Crippen LogP contribution in [0.5, 0.6) is 0 Å². The average molecular weight is 372 g/mol. The molecule has 0 fully saturated rings. The van der Waals surface area contributed by atoms with Crippen LogP contribution in [0, 0.1) is 0 Å². The summed E-state index contributed by atoms with van der Waals surface area (Å²) in [7, 11) is 0. The van der Waals surface area contributed by atoms with Gasteiger partial charge in [-0.2, -0.15) is 0 Å². The molecule has 2 heterocycles. The number of carbonyl (C=O) groups is 1. The number of thioether (sulfide) groups is 1. The maximum atomic E-state index is 12.5. The van der Waals surface area contributed by atoms with Crippen molar-refractivity contribution >= 4 is 17.5 Å². The zero-order valence-electron chi connectivity index (χ0n) is 14.4. The summed E-state index contributed by atoms with van der Waals surface area (Å²) in [6, 6.07) is 23.0. The smallest absolute Gasteiger partial charge is 0.196 e. The van der Waals surface area contributed by atoms with Crippen molar-refractivity contribution in [3.63, 3.8) is 0 Å². The molecule has 0 saturated heterocycles. The largest absolute Gasteiger partial charge is 0.293 e. The van der Waals surface area contributed by atoms with Crippen LogP contribution in [-0.2, 0) is 0 Å². The van der Waals surface area contributed by atoms with Crippen LogP contribution in [0.15, 0.2) is 90.3 Å². The molecule has 0 aliphatic carbocycles. The normalized spacial score (nSPS) is 10.7. The van der Waals surface area contributed by atoms with E-state index in [0.29, 0.717) is 16.5 Å². The van der Waals surface area contributed by atoms with Gasteiger partial charge in [0.25, 0.3) is 0 Å². The van der Waals surface area contributed by atoms with Gasteiger partial charge in [0.2, 0.25) is 0 Å². The molecule has 0 saturated carbocycles. The molecular weight excluding hydrogens is 356 g/mol. The standard InChI is InChI=1S/C21H16N4OS/c26-19(16-7-3-1-4-8-16)15-27-21-24-23-20(17-11-13-22-14-12-17)25(21)18-9-5-2-6-10-18/h1-14H,15H2. The lowest BCUT2D eigenvalue weighted by atomic mass is 10.2. The Morgan fingerprint density at radius 2 is 1.52 bits per heavy atom. The molecule has 4 aromatic rings. The first kappa shape index (κ1) is 17.2. The molecule has 0 amide bonds. The number of benzene rings is 2. The fourth-order valence-corrected chi connectivity index (χ4v) is 3.55. The Morgan fingerprint density at radius 3 is 2.22 bits per heavy atom. The van der Waals surface area contributed by atoms with E-state index in [-0.39, 0.29) is 5.78 Å². The van der Waals surface area contributed by atoms with Crippen molar-refractivity contribution in [3.05, 3.63) is 90.8 Å². The summed E-state index contributed by atoms with van der Waals surface area (Å²) < 4.78 is 1.97. The Balaban J connectivity index is 1.67. The molecule has 2 aromatic carbocycles. The van der Waals surface area contributed by atoms with E-state index in [0.717, 1.165) is 17.1 Å². The summed E-state index contributed by atoms with van der Waals surface area (Å²) in [5.41, 5.74) is 2.57. The number of hydrogen-bond donors (Lipinski definition) is 0. The van der Waals surface area contributed by atoms with Gasteiger partial charge in [-0.1, -0.05) is 60.3 Å². The van der Waals surface area contributed by atoms with Gasteiger partial charge in [0.15, 0.2) is 16.8 Å². The lowest BCUT2D eigenvalue weighted by molar-refractivity contribution is 0.102. The first-order valence-electron chi connectivity index (χ1n) is 8.45. The number of carbonyl (C=O) groups excluding carboxylic acids is 1. The molecular formula is C21H16N4OS. The number of ketones is 1. The molecule has 132 valence electrons. The second-order valence-electron chi connectivity index (χ2n) is 5.79. The van der Waals surface area contributed by atoms with Crippen molar-refractivity contribution in [1.82, 2.24) is 19.7 Å². The Labute approximate surface area is 161 Å². The monoisotopic (exact) mass is 372 g/mol. The Morgan fingerprint density at radius 1 is 0.852 bits per heavy atom. The number of Topliss-reactive ketones (excluding diaryl/α,β-unsaturated/α-hetero) is 1. The highest BCUT2D eigenvalue weighted by molar-refractivity contribution is 7.99. The van der Waals surface area contributed by atoms with Gasteiger partial charge in [-0.3, -0.25) is 14.3 Å². The SMILES string of the molecule is O=C(CSc1nnc(-c2ccncc2)n1-c1ccccc1)c1ccccc1. The number of aromatic nitrogens is 4. The first-order chi connectivity index (χ1) is 13.3. The molecule has 0 unspecified atom stereocenters. The molecule has 0 radical (unpaired) electrons. The number of para-hydroxylation sites is 1. The first-order valence-corrected chi connectivity index (χ1v) is 9.44. The molecule has 4 rings (SSSR count). The van der Waals surface area contributed by atoms with Gasteiger partial charge in [-0.25, -0.2) is 0 Å². The van der Waals surface area contributed by atoms with E-state index >= 15 is 0 Å². The van der Waals surface area contributed by atoms with E-state index in [9.17, 15) is 4.79 Å². The molecule has 27 heavy (non-hydrogen) atoms. The van der Waals surface area contributed by atoms with Gasteiger partial charge in [0, 0.05) is 29.2 Å². The Kier molecular flexibility index (Phi) is 5.07. The predicted molar refractivity (Wildman–Crippen MR) is 106 cm³/mol. The fourth-order valence-electron chi connectivity index (χ4n) is 2.70. The maximum Gasteiger partial charge on any atom is 0.196 e. The minimum Gasteiger partial charge on any atom is -0.293 e. The number of rotatable bonds is 6. The minimum atomic E-state index is 0.0636. The van der Waals surface area contributed by atoms with Crippen molar-refractivity contribution in [2.45, 2.75) is 5.16 Å². The van der Waals surface area contributed by atoms with Crippen molar-refractivity contribution < 1.29 is 4.79 Å². The van der Waals surface area contributed by atoms with Crippen LogP contribution in [0.2, 0.25) is 0 Å². The molecule has 5 nitrogen and oxygen atoms in total. The molecule has 0 N–H and O–H groups in total. The van der Waals surface area contributed by atoms with Crippen LogP contribution < -0.4 is 0 Å². The topological polar surface area (TPSA) is 60.7 Å². The zero-order valence-corrected chi connectivity index (χ0v) is 15.2. The molecule has 6 heteroatoms. The molecule has 2 aromatic heterocycles. The van der Waals surface area contributed by atoms with Gasteiger partial charge in [-0.05, 0) is 24.3 Å². The third-order valence-corrected chi connectivity index (χ3v) is 4.94. The average Bonchev–Trinajstić information content (AvgIpc) is 3.18. The minimum absolute atomic E-state index is 0.0636. The highest BCUT2D eigenvalue weighted by Crippen LogP contribution is 2.28. The third-order valence-electron chi connectivity index (χ3n) is 4.01. The Hall–Kier alpha value is -3.25. The second kappa shape index (κ2) is 7.97. The van der Waals surface area contributed by atoms with E-state index in [2.05, 4.69) is 15.2 Å². The van der Waals surface area contributed by atoms with Crippen molar-refractivity contribution in [2.75, 3.05) is 5.75 Å². The van der Waals surface area contributed by atoms with Crippen LogP contribution in [0.3, 0.4) is 0 Å². The van der Waals surface area contributed by atoms with Gasteiger partial charge >= 0.3 is 0 Å². The van der Waals surface area contributed by atoms with E-state index < -0.39 is 0 Å². The molecule has 0 aliphatic heterocycles. The predicted octanol–water partition coefficient (Wildman–Crippen LogP) is 4.30. The summed E-state index contributed by atoms with van der Waals surface area (Å²) >= 11 is 1.38. The lowest BCUT2D eigenvalue weighted by Crippen LogP contribution is -2.04. The van der Waals surface area contributed by atoms with Gasteiger partial charge in [0.1, 0.15) is 0 Å². The van der Waals surface area contributed by atoms with E-state index in [1.54, 1.807) is 12.4 Å². The number of nitrogens with zero attached hydrogens (tertiary/aromatic N) is 4. The molecule has 0 aliphatic rings. The van der Waals surface area contributed by atoms with Crippen LogP contribution >= 0.6 is 11.8 Å². The summed E-state index contributed by atoms with van der Waals surface area (Å²) in [4.78, 5) is 16.5. The van der Waals surface area contributed by atoms with Crippen molar-refractivity contribution in [2.24, 2.45) is 0 Å². The van der Waals surface area contributed by atoms with Gasteiger partial charge in [0.05, 0.1) is 5.75 Å². The van der Waals surface area contributed by atoms with Gasteiger partial charge in [-0.15, -0.1) is 10.2 Å². The van der Waals surface area contributed by atoms with Crippen molar-refractivity contribution in [3.8, 4) is 17.1 Å². The summed E-state index contributed by atoms with van der Waals surface area (Å²) in [5, 5.41) is 9.38. The third kappa shape index (κ3) is 3.80. The van der Waals surface area contributed by atoms with Crippen LogP contribution in [0.4, 0.5) is 0 Å².